The molecule has 4 rings (SSSR count). The quantitative estimate of drug-likeness (QED) is 0.619. The lowest BCUT2D eigenvalue weighted by molar-refractivity contribution is -2.00. The summed E-state index contributed by atoms with van der Waals surface area (Å²) in [6.07, 6.45) is 4.58. The first kappa shape index (κ1) is 24.4. The van der Waals surface area contributed by atoms with Crippen LogP contribution >= 0.6 is 0 Å². The monoisotopic (exact) mass is 458 g/mol. The van der Waals surface area contributed by atoms with Gasteiger partial charge in [-0.25, -0.2) is 18.6 Å². The maximum Gasteiger partial charge on any atom is 0.209 e. The summed E-state index contributed by atoms with van der Waals surface area (Å²) in [5.74, 6) is 0. The lowest BCUT2D eigenvalue weighted by atomic mass is 9.80. The highest BCUT2D eigenvalue weighted by molar-refractivity contribution is 6.05. The molecule has 0 aliphatic carbocycles. The second-order valence-electron chi connectivity index (χ2n) is 9.58. The van der Waals surface area contributed by atoms with Crippen molar-refractivity contribution in [2.75, 3.05) is 19.0 Å². The number of fused-ring (bicyclic) bond motifs is 2. The summed E-state index contributed by atoms with van der Waals surface area (Å²) in [7, 11) is -0.563. The van der Waals surface area contributed by atoms with Gasteiger partial charge in [-0.05, 0) is 50.1 Å². The molecule has 0 bridgehead atoms. The van der Waals surface area contributed by atoms with E-state index >= 15 is 0 Å². The predicted molar refractivity (Wildman–Crippen MR) is 117 cm³/mol. The molecule has 0 N–H and O–H groups in total. The van der Waals surface area contributed by atoms with Gasteiger partial charge in [-0.3, -0.25) is 0 Å². The fraction of sp³-hybridized carbons (Fsp3) is 0.400. The Morgan fingerprint density at radius 2 is 1.53 bits per heavy atom. The van der Waals surface area contributed by atoms with E-state index in [-0.39, 0.29) is 10.8 Å². The normalized spacial score (nSPS) is 20.8. The van der Waals surface area contributed by atoms with Crippen molar-refractivity contribution in [3.8, 4) is 0 Å². The van der Waals surface area contributed by atoms with E-state index in [0.717, 1.165) is 0 Å². The minimum atomic E-state index is -4.94. The Hall–Kier alpha value is -2.22. The number of nitrogens with zero attached hydrogens (tertiary/aromatic N) is 2. The summed E-state index contributed by atoms with van der Waals surface area (Å²) >= 11 is 0. The van der Waals surface area contributed by atoms with E-state index in [1.807, 2.05) is 0 Å². The lowest BCUT2D eigenvalue weighted by Gasteiger charge is -2.28. The average Bonchev–Trinajstić information content (AvgIpc) is 2.99. The van der Waals surface area contributed by atoms with E-state index < -0.39 is 10.2 Å². The van der Waals surface area contributed by atoms with E-state index in [1.54, 1.807) is 0 Å². The van der Waals surface area contributed by atoms with E-state index in [9.17, 15) is 0 Å². The van der Waals surface area contributed by atoms with Gasteiger partial charge >= 0.3 is 0 Å². The van der Waals surface area contributed by atoms with Crippen molar-refractivity contribution in [2.24, 2.45) is 0 Å². The Morgan fingerprint density at radius 1 is 0.938 bits per heavy atom. The van der Waals surface area contributed by atoms with Crippen molar-refractivity contribution in [3.63, 3.8) is 0 Å². The molecule has 0 spiro atoms. The van der Waals surface area contributed by atoms with Gasteiger partial charge in [-0.1, -0.05) is 38.1 Å². The standard InChI is InChI=1S/C25H31N2.ClHO4/c1-17-24(2,3)20-16-18(12-14-22(20)26(17)6)13-15-23-25(4,5)19-10-8-9-11-21(19)27(23)7;2-1(3,4)5/h8-17H,1-7H3;(H,2,3,4,5)/q+1;/p-1. The number of hydrogen-bond donors (Lipinski definition) is 0. The zero-order valence-corrected chi connectivity index (χ0v) is 20.4. The zero-order valence-electron chi connectivity index (χ0n) is 19.7. The van der Waals surface area contributed by atoms with Crippen LogP contribution in [0.5, 0.6) is 0 Å². The summed E-state index contributed by atoms with van der Waals surface area (Å²) in [5.41, 5.74) is 8.33. The second-order valence-corrected chi connectivity index (χ2v) is 10.3. The van der Waals surface area contributed by atoms with Crippen LogP contribution in [0.15, 0.2) is 48.5 Å². The van der Waals surface area contributed by atoms with E-state index in [1.165, 1.54) is 33.8 Å². The molecule has 32 heavy (non-hydrogen) atoms. The summed E-state index contributed by atoms with van der Waals surface area (Å²) in [6.45, 7) is 11.7. The van der Waals surface area contributed by atoms with Crippen LogP contribution in [0, 0.1) is 10.2 Å². The Labute approximate surface area is 192 Å². The van der Waals surface area contributed by atoms with Gasteiger partial charge in [0, 0.05) is 41.9 Å². The Morgan fingerprint density at radius 3 is 2.12 bits per heavy atom. The molecule has 0 aromatic heterocycles. The molecule has 0 radical (unpaired) electrons. The maximum atomic E-state index is 8.49. The molecule has 0 saturated carbocycles. The largest absolute Gasteiger partial charge is 0.371 e. The second kappa shape index (κ2) is 8.28. The molecule has 172 valence electrons. The fourth-order valence-electron chi connectivity index (χ4n) is 4.88. The Kier molecular flexibility index (Phi) is 6.32. The zero-order chi connectivity index (χ0) is 24.1. The molecule has 2 aliphatic rings. The van der Waals surface area contributed by atoms with Gasteiger partial charge in [0.25, 0.3) is 0 Å². The van der Waals surface area contributed by atoms with Crippen LogP contribution in [0.1, 0.15) is 51.3 Å². The topological polar surface area (TPSA) is 98.5 Å². The summed E-state index contributed by atoms with van der Waals surface area (Å²) in [5, 5.41) is 0. The molecule has 2 aromatic rings. The average molecular weight is 459 g/mol. The molecule has 1 atom stereocenters. The van der Waals surface area contributed by atoms with Gasteiger partial charge in [0.05, 0.1) is 5.41 Å². The number of halogens is 1. The third kappa shape index (κ3) is 4.47. The number of para-hydroxylation sites is 1. The van der Waals surface area contributed by atoms with Crippen LogP contribution in [0.2, 0.25) is 0 Å². The van der Waals surface area contributed by atoms with Crippen molar-refractivity contribution in [1.82, 2.24) is 0 Å². The summed E-state index contributed by atoms with van der Waals surface area (Å²) in [4.78, 5) is 2.40. The van der Waals surface area contributed by atoms with Crippen LogP contribution in [0.4, 0.5) is 11.4 Å². The fourth-order valence-corrected chi connectivity index (χ4v) is 4.88. The summed E-state index contributed by atoms with van der Waals surface area (Å²) < 4.78 is 36.3. The minimum absolute atomic E-state index is 0.0204. The van der Waals surface area contributed by atoms with Gasteiger partial charge < -0.3 is 4.90 Å². The molecule has 0 amide bonds. The minimum Gasteiger partial charge on any atom is -0.371 e. The van der Waals surface area contributed by atoms with Gasteiger partial charge in [-0.15, -0.1) is 10.2 Å². The Balaban J connectivity index is 0.000000523. The van der Waals surface area contributed by atoms with E-state index in [0.29, 0.717) is 6.04 Å². The highest BCUT2D eigenvalue weighted by atomic mass is 35.7. The Bertz CT molecular complexity index is 1080. The van der Waals surface area contributed by atoms with Crippen molar-refractivity contribution in [2.45, 2.75) is 51.5 Å². The van der Waals surface area contributed by atoms with Gasteiger partial charge in [0.15, 0.2) is 5.71 Å². The first-order chi connectivity index (χ1) is 14.7. The first-order valence-electron chi connectivity index (χ1n) is 10.5. The number of likely N-dealkylation sites (N-methyl/N-ethyl adjacent to an activating group) is 1. The van der Waals surface area contributed by atoms with E-state index in [2.05, 4.69) is 113 Å². The lowest BCUT2D eigenvalue weighted by Crippen LogP contribution is -2.68. The van der Waals surface area contributed by atoms with Crippen LogP contribution < -0.4 is 23.5 Å². The molecule has 1 unspecified atom stereocenters. The summed E-state index contributed by atoms with van der Waals surface area (Å²) in [6, 6.07) is 16.1. The third-order valence-corrected chi connectivity index (χ3v) is 7.09. The molecule has 0 saturated heterocycles. The molecule has 2 aliphatic heterocycles. The highest BCUT2D eigenvalue weighted by Gasteiger charge is 2.43. The van der Waals surface area contributed by atoms with Crippen molar-refractivity contribution >= 4 is 23.2 Å². The van der Waals surface area contributed by atoms with Crippen LogP contribution in [-0.2, 0) is 10.8 Å². The van der Waals surface area contributed by atoms with Crippen LogP contribution in [0.3, 0.4) is 0 Å². The number of hydrogen-bond acceptors (Lipinski definition) is 5. The van der Waals surface area contributed by atoms with Gasteiger partial charge in [0.2, 0.25) is 5.69 Å². The first-order valence-corrected chi connectivity index (χ1v) is 11.8. The van der Waals surface area contributed by atoms with E-state index in [4.69, 9.17) is 18.6 Å². The molecule has 2 aromatic carbocycles. The molecule has 2 heterocycles. The number of benzene rings is 2. The van der Waals surface area contributed by atoms with Crippen LogP contribution in [0.25, 0.3) is 6.08 Å². The maximum absolute atomic E-state index is 8.49. The number of allylic oxidation sites excluding steroid dienone is 1. The van der Waals surface area contributed by atoms with Crippen molar-refractivity contribution < 1.29 is 33.5 Å². The molecule has 6 nitrogen and oxygen atoms in total. The highest BCUT2D eigenvalue weighted by Crippen LogP contribution is 2.45. The molecule has 7 heteroatoms. The number of rotatable bonds is 2. The van der Waals surface area contributed by atoms with Crippen molar-refractivity contribution in [3.05, 3.63) is 65.2 Å². The predicted octanol–water partition coefficient (Wildman–Crippen LogP) is 0.766. The molecule has 0 fully saturated rings. The van der Waals surface area contributed by atoms with Crippen molar-refractivity contribution in [1.29, 1.82) is 0 Å². The SMILES string of the molecule is CC1N(C)c2ccc(/C=C/C3=[N+](C)c4ccccc4C3(C)C)cc2C1(C)C.[O-][Cl+3]([O-])([O-])[O-]. The molecular formula is C25H31ClN2O4. The van der Waals surface area contributed by atoms with Gasteiger partial charge in [-0.2, -0.15) is 4.58 Å². The molecular weight excluding hydrogens is 428 g/mol. The number of anilines is 1. The van der Waals surface area contributed by atoms with Gasteiger partial charge in [0.1, 0.15) is 7.05 Å². The third-order valence-electron chi connectivity index (χ3n) is 7.09. The van der Waals surface area contributed by atoms with Crippen LogP contribution in [-0.4, -0.2) is 30.4 Å². The smallest absolute Gasteiger partial charge is 0.209 e.